The number of halogens is 3. The maximum absolute atomic E-state index is 13.4. The molecule has 1 heterocycles. The standard InChI is InChI=1S/C24H17F3N2O2/c25-17-5-1-15(2-6-17)13-14-29-23(30)21(16-3-7-18(26)8-4-16)22(24(29)31)28-20-11-9-19(27)10-12-20/h1-12,28H,13-14H2. The van der Waals surface area contributed by atoms with Crippen molar-refractivity contribution in [1.29, 1.82) is 0 Å². The average molecular weight is 422 g/mol. The predicted molar refractivity (Wildman–Crippen MR) is 110 cm³/mol. The molecule has 1 aliphatic heterocycles. The fraction of sp³-hybridized carbons (Fsp3) is 0.0833. The quantitative estimate of drug-likeness (QED) is 0.594. The Labute approximate surface area is 176 Å². The molecule has 4 nitrogen and oxygen atoms in total. The third-order valence-corrected chi connectivity index (χ3v) is 4.95. The van der Waals surface area contributed by atoms with Gasteiger partial charge in [0.15, 0.2) is 0 Å². The van der Waals surface area contributed by atoms with E-state index in [1.54, 1.807) is 12.1 Å². The van der Waals surface area contributed by atoms with Crippen molar-refractivity contribution in [3.8, 4) is 0 Å². The maximum Gasteiger partial charge on any atom is 0.278 e. The molecule has 0 spiro atoms. The molecule has 0 atom stereocenters. The van der Waals surface area contributed by atoms with Gasteiger partial charge < -0.3 is 5.32 Å². The summed E-state index contributed by atoms with van der Waals surface area (Å²) >= 11 is 0. The molecule has 4 rings (SSSR count). The lowest BCUT2D eigenvalue weighted by Gasteiger charge is -2.15. The number of nitrogens with zero attached hydrogens (tertiary/aromatic N) is 1. The Balaban J connectivity index is 1.64. The van der Waals surface area contributed by atoms with Crippen LogP contribution < -0.4 is 5.32 Å². The number of hydrogen-bond donors (Lipinski definition) is 1. The highest BCUT2D eigenvalue weighted by molar-refractivity contribution is 6.36. The third kappa shape index (κ3) is 4.35. The molecular weight excluding hydrogens is 405 g/mol. The van der Waals surface area contributed by atoms with Gasteiger partial charge in [-0.2, -0.15) is 0 Å². The summed E-state index contributed by atoms with van der Waals surface area (Å²) in [4.78, 5) is 27.3. The Morgan fingerprint density at radius 2 is 1.19 bits per heavy atom. The SMILES string of the molecule is O=C1C(Nc2ccc(F)cc2)=C(c2ccc(F)cc2)C(=O)N1CCc1ccc(F)cc1. The molecule has 156 valence electrons. The van der Waals surface area contributed by atoms with Crippen LogP contribution in [-0.4, -0.2) is 23.3 Å². The second kappa shape index (κ2) is 8.47. The molecule has 31 heavy (non-hydrogen) atoms. The van der Waals surface area contributed by atoms with Crippen LogP contribution in [0.4, 0.5) is 18.9 Å². The molecule has 3 aromatic carbocycles. The Morgan fingerprint density at radius 3 is 1.77 bits per heavy atom. The minimum atomic E-state index is -0.546. The molecule has 0 unspecified atom stereocenters. The first-order chi connectivity index (χ1) is 14.9. The first kappa shape index (κ1) is 20.4. The van der Waals surface area contributed by atoms with Crippen LogP contribution >= 0.6 is 0 Å². The molecule has 0 radical (unpaired) electrons. The number of hydrogen-bond acceptors (Lipinski definition) is 3. The highest BCUT2D eigenvalue weighted by Crippen LogP contribution is 2.31. The summed E-state index contributed by atoms with van der Waals surface area (Å²) in [5.41, 5.74) is 1.72. The summed E-state index contributed by atoms with van der Waals surface area (Å²) in [6, 6.07) is 16.4. The maximum atomic E-state index is 13.4. The van der Waals surface area contributed by atoms with Gasteiger partial charge in [0.25, 0.3) is 11.8 Å². The molecule has 0 saturated carbocycles. The van der Waals surface area contributed by atoms with Gasteiger partial charge in [-0.1, -0.05) is 24.3 Å². The van der Waals surface area contributed by atoms with Crippen LogP contribution in [0.3, 0.4) is 0 Å². The number of nitrogens with one attached hydrogen (secondary N) is 1. The van der Waals surface area contributed by atoms with E-state index in [4.69, 9.17) is 0 Å². The molecule has 2 amide bonds. The van der Waals surface area contributed by atoms with Gasteiger partial charge in [-0.05, 0) is 66.1 Å². The van der Waals surface area contributed by atoms with E-state index in [0.717, 1.165) is 10.5 Å². The largest absolute Gasteiger partial charge is 0.350 e. The van der Waals surface area contributed by atoms with Crippen molar-refractivity contribution in [1.82, 2.24) is 4.90 Å². The van der Waals surface area contributed by atoms with Gasteiger partial charge in [-0.3, -0.25) is 14.5 Å². The van der Waals surface area contributed by atoms with Crippen molar-refractivity contribution >= 4 is 23.1 Å². The lowest BCUT2D eigenvalue weighted by atomic mass is 10.0. The van der Waals surface area contributed by atoms with Crippen LogP contribution in [0, 0.1) is 17.5 Å². The van der Waals surface area contributed by atoms with Crippen LogP contribution in [-0.2, 0) is 16.0 Å². The number of rotatable bonds is 6. The average Bonchev–Trinajstić information content (AvgIpc) is 2.99. The van der Waals surface area contributed by atoms with Crippen molar-refractivity contribution in [2.24, 2.45) is 0 Å². The lowest BCUT2D eigenvalue weighted by Crippen LogP contribution is -2.34. The van der Waals surface area contributed by atoms with E-state index in [0.29, 0.717) is 17.7 Å². The number of imide groups is 1. The van der Waals surface area contributed by atoms with Gasteiger partial charge >= 0.3 is 0 Å². The Kier molecular flexibility index (Phi) is 5.58. The van der Waals surface area contributed by atoms with E-state index in [-0.39, 0.29) is 23.6 Å². The predicted octanol–water partition coefficient (Wildman–Crippen LogP) is 4.54. The number of anilines is 1. The highest BCUT2D eigenvalue weighted by Gasteiger charge is 2.38. The van der Waals surface area contributed by atoms with Gasteiger partial charge in [0.05, 0.1) is 5.57 Å². The fourth-order valence-corrected chi connectivity index (χ4v) is 3.35. The molecule has 7 heteroatoms. The van der Waals surface area contributed by atoms with Gasteiger partial charge in [0.1, 0.15) is 23.1 Å². The van der Waals surface area contributed by atoms with E-state index in [1.807, 2.05) is 0 Å². The van der Waals surface area contributed by atoms with E-state index in [9.17, 15) is 22.8 Å². The van der Waals surface area contributed by atoms with Gasteiger partial charge in [0.2, 0.25) is 0 Å². The van der Waals surface area contributed by atoms with Crippen molar-refractivity contribution in [2.45, 2.75) is 6.42 Å². The van der Waals surface area contributed by atoms with Gasteiger partial charge in [-0.25, -0.2) is 13.2 Å². The zero-order valence-corrected chi connectivity index (χ0v) is 16.2. The summed E-state index contributed by atoms with van der Waals surface area (Å²) in [5, 5.41) is 2.90. The van der Waals surface area contributed by atoms with Crippen LogP contribution in [0.15, 0.2) is 78.5 Å². The Hall–Kier alpha value is -3.87. The van der Waals surface area contributed by atoms with E-state index in [2.05, 4.69) is 5.32 Å². The van der Waals surface area contributed by atoms with Crippen LogP contribution in [0.2, 0.25) is 0 Å². The minimum Gasteiger partial charge on any atom is -0.350 e. The first-order valence-electron chi connectivity index (χ1n) is 9.56. The summed E-state index contributed by atoms with van der Waals surface area (Å²) in [5.74, 6) is -2.35. The molecular formula is C24H17F3N2O2. The van der Waals surface area contributed by atoms with Gasteiger partial charge in [0, 0.05) is 12.2 Å². The molecule has 3 aromatic rings. The molecule has 0 bridgehead atoms. The normalized spacial score (nSPS) is 13.8. The Bertz CT molecular complexity index is 1150. The monoisotopic (exact) mass is 422 g/mol. The fourth-order valence-electron chi connectivity index (χ4n) is 3.35. The lowest BCUT2D eigenvalue weighted by molar-refractivity contribution is -0.136. The summed E-state index contributed by atoms with van der Waals surface area (Å²) in [6.45, 7) is 0.0859. The summed E-state index contributed by atoms with van der Waals surface area (Å²) in [6.07, 6.45) is 0.346. The van der Waals surface area contributed by atoms with Crippen molar-refractivity contribution < 1.29 is 22.8 Å². The van der Waals surface area contributed by atoms with Crippen LogP contribution in [0.1, 0.15) is 11.1 Å². The number of benzene rings is 3. The zero-order chi connectivity index (χ0) is 22.0. The summed E-state index contributed by atoms with van der Waals surface area (Å²) < 4.78 is 39.7. The van der Waals surface area contributed by atoms with Gasteiger partial charge in [-0.15, -0.1) is 0 Å². The highest BCUT2D eigenvalue weighted by atomic mass is 19.1. The molecule has 0 saturated heterocycles. The van der Waals surface area contributed by atoms with Crippen molar-refractivity contribution in [2.75, 3.05) is 11.9 Å². The number of carbonyl (C=O) groups is 2. The molecule has 1 N–H and O–H groups in total. The van der Waals surface area contributed by atoms with Crippen LogP contribution in [0.25, 0.3) is 5.57 Å². The van der Waals surface area contributed by atoms with E-state index in [1.165, 1.54) is 60.7 Å². The van der Waals surface area contributed by atoms with E-state index >= 15 is 0 Å². The molecule has 0 aromatic heterocycles. The number of amides is 2. The first-order valence-corrected chi connectivity index (χ1v) is 9.56. The van der Waals surface area contributed by atoms with Crippen molar-refractivity contribution in [3.63, 3.8) is 0 Å². The smallest absolute Gasteiger partial charge is 0.278 e. The minimum absolute atomic E-state index is 0.0299. The molecule has 0 fully saturated rings. The zero-order valence-electron chi connectivity index (χ0n) is 16.2. The second-order valence-electron chi connectivity index (χ2n) is 7.03. The molecule has 0 aliphatic carbocycles. The van der Waals surface area contributed by atoms with Crippen LogP contribution in [0.5, 0.6) is 0 Å². The van der Waals surface area contributed by atoms with E-state index < -0.39 is 23.4 Å². The topological polar surface area (TPSA) is 49.4 Å². The second-order valence-corrected chi connectivity index (χ2v) is 7.03. The van der Waals surface area contributed by atoms with Crippen molar-refractivity contribution in [3.05, 3.63) is 107 Å². The summed E-state index contributed by atoms with van der Waals surface area (Å²) in [7, 11) is 0. The number of carbonyl (C=O) groups excluding carboxylic acids is 2. The Morgan fingerprint density at radius 1 is 0.677 bits per heavy atom. The molecule has 1 aliphatic rings. The third-order valence-electron chi connectivity index (χ3n) is 4.95.